The van der Waals surface area contributed by atoms with Crippen molar-refractivity contribution in [3.05, 3.63) is 102 Å². The lowest BCUT2D eigenvalue weighted by Crippen LogP contribution is -1.85. The lowest BCUT2D eigenvalue weighted by molar-refractivity contribution is 1.29. The van der Waals surface area contributed by atoms with E-state index < -0.39 is 0 Å². The van der Waals surface area contributed by atoms with E-state index in [4.69, 9.17) is 0 Å². The summed E-state index contributed by atoms with van der Waals surface area (Å²) >= 11 is 0. The van der Waals surface area contributed by atoms with E-state index in [0.717, 1.165) is 34.3 Å². The summed E-state index contributed by atoms with van der Waals surface area (Å²) in [5.74, 6) is 6.55. The minimum Gasteiger partial charge on any atom is -0.0949 e. The summed E-state index contributed by atoms with van der Waals surface area (Å²) in [5, 5.41) is 0. The van der Waals surface area contributed by atoms with E-state index in [-0.39, 0.29) is 0 Å². The third kappa shape index (κ3) is 2.73. The summed E-state index contributed by atoms with van der Waals surface area (Å²) in [7, 11) is 0. The van der Waals surface area contributed by atoms with Crippen molar-refractivity contribution in [2.24, 2.45) is 0 Å². The van der Waals surface area contributed by atoms with Gasteiger partial charge in [-0.2, -0.15) is 0 Å². The van der Waals surface area contributed by atoms with Crippen LogP contribution in [0.2, 0.25) is 0 Å². The van der Waals surface area contributed by atoms with Crippen LogP contribution in [0.4, 0.5) is 0 Å². The molecule has 0 saturated carbocycles. The molecule has 0 amide bonds. The lowest BCUT2D eigenvalue weighted by atomic mass is 9.99. The fourth-order valence-electron chi connectivity index (χ4n) is 2.50. The molecule has 0 spiro atoms. The molecule has 0 saturated heterocycles. The summed E-state index contributed by atoms with van der Waals surface area (Å²) in [6.07, 6.45) is 0.795. The van der Waals surface area contributed by atoms with Crippen molar-refractivity contribution in [3.63, 3.8) is 0 Å². The van der Waals surface area contributed by atoms with Crippen molar-refractivity contribution in [3.8, 4) is 11.8 Å². The highest BCUT2D eigenvalue weighted by Crippen LogP contribution is 2.39. The molecular formula is C21H16. The first-order chi connectivity index (χ1) is 10.3. The number of rotatable bonds is 1. The van der Waals surface area contributed by atoms with Gasteiger partial charge in [-0.05, 0) is 28.8 Å². The van der Waals surface area contributed by atoms with E-state index >= 15 is 0 Å². The Morgan fingerprint density at radius 3 is 2.05 bits per heavy atom. The topological polar surface area (TPSA) is 0 Å². The Kier molecular flexibility index (Phi) is 3.58. The maximum Gasteiger partial charge on any atom is 0.0248 e. The number of hydrogen-bond acceptors (Lipinski definition) is 0. The normalized spacial score (nSPS) is 14.1. The van der Waals surface area contributed by atoms with E-state index in [1.807, 2.05) is 48.5 Å². The van der Waals surface area contributed by atoms with E-state index in [9.17, 15) is 0 Å². The van der Waals surface area contributed by atoms with Crippen molar-refractivity contribution in [2.45, 2.75) is 6.42 Å². The van der Waals surface area contributed by atoms with Gasteiger partial charge in [0, 0.05) is 23.1 Å². The van der Waals surface area contributed by atoms with Crippen molar-refractivity contribution in [1.82, 2.24) is 0 Å². The van der Waals surface area contributed by atoms with E-state index in [1.165, 1.54) is 5.56 Å². The molecule has 21 heavy (non-hydrogen) atoms. The van der Waals surface area contributed by atoms with E-state index in [0.29, 0.717) is 0 Å². The Morgan fingerprint density at radius 1 is 0.762 bits per heavy atom. The molecule has 1 aliphatic rings. The van der Waals surface area contributed by atoms with E-state index in [2.05, 4.69) is 37.1 Å². The second-order valence-corrected chi connectivity index (χ2v) is 5.09. The predicted octanol–water partition coefficient (Wildman–Crippen LogP) is 5.01. The first-order valence-corrected chi connectivity index (χ1v) is 6.99. The van der Waals surface area contributed by atoms with Gasteiger partial charge in [-0.25, -0.2) is 0 Å². The molecule has 0 bridgehead atoms. The molecule has 100 valence electrons. The lowest BCUT2D eigenvalue weighted by Gasteiger charge is -2.05. The quantitative estimate of drug-likeness (QED) is 0.638. The maximum atomic E-state index is 4.17. The van der Waals surface area contributed by atoms with Gasteiger partial charge in [0.1, 0.15) is 0 Å². The predicted molar refractivity (Wildman–Crippen MR) is 89.6 cm³/mol. The Labute approximate surface area is 126 Å². The minimum absolute atomic E-state index is 0.795. The smallest absolute Gasteiger partial charge is 0.0248 e. The van der Waals surface area contributed by atoms with Gasteiger partial charge in [0.15, 0.2) is 0 Å². The number of allylic oxidation sites excluding steroid dienone is 4. The van der Waals surface area contributed by atoms with Crippen LogP contribution >= 0.6 is 0 Å². The summed E-state index contributed by atoms with van der Waals surface area (Å²) in [6, 6.07) is 20.4. The van der Waals surface area contributed by atoms with Gasteiger partial charge in [-0.3, -0.25) is 0 Å². The molecule has 0 heteroatoms. The van der Waals surface area contributed by atoms with Crippen LogP contribution in [0.15, 0.2) is 90.5 Å². The summed E-state index contributed by atoms with van der Waals surface area (Å²) in [5.41, 5.74) is 6.52. The number of benzene rings is 2. The van der Waals surface area contributed by atoms with Crippen LogP contribution in [0, 0.1) is 11.8 Å². The highest BCUT2D eigenvalue weighted by molar-refractivity contribution is 5.91. The fraction of sp³-hybridized carbons (Fsp3) is 0.0476. The van der Waals surface area contributed by atoms with Crippen molar-refractivity contribution < 1.29 is 0 Å². The highest BCUT2D eigenvalue weighted by Gasteiger charge is 2.21. The molecule has 0 radical (unpaired) electrons. The monoisotopic (exact) mass is 268 g/mol. The van der Waals surface area contributed by atoms with Gasteiger partial charge in [0.25, 0.3) is 0 Å². The van der Waals surface area contributed by atoms with Crippen molar-refractivity contribution in [2.75, 3.05) is 0 Å². The first kappa shape index (κ1) is 13.2. The van der Waals surface area contributed by atoms with Crippen molar-refractivity contribution in [1.29, 1.82) is 0 Å². The zero-order valence-corrected chi connectivity index (χ0v) is 11.9. The summed E-state index contributed by atoms with van der Waals surface area (Å²) in [4.78, 5) is 0. The molecule has 0 unspecified atom stereocenters. The Morgan fingerprint density at radius 2 is 1.38 bits per heavy atom. The van der Waals surface area contributed by atoms with Gasteiger partial charge in [0.2, 0.25) is 0 Å². The van der Waals surface area contributed by atoms with Gasteiger partial charge in [-0.1, -0.05) is 73.5 Å². The molecule has 0 aliphatic heterocycles. The third-order valence-corrected chi connectivity index (χ3v) is 3.61. The molecule has 0 heterocycles. The average Bonchev–Trinajstić information content (AvgIpc) is 2.82. The highest BCUT2D eigenvalue weighted by atomic mass is 14.2. The Balaban J connectivity index is 2.05. The average molecular weight is 268 g/mol. The maximum absolute atomic E-state index is 4.17. The minimum atomic E-state index is 0.795. The van der Waals surface area contributed by atoms with Crippen LogP contribution in [0.5, 0.6) is 0 Å². The molecule has 0 fully saturated rings. The summed E-state index contributed by atoms with van der Waals surface area (Å²) in [6.45, 7) is 8.28. The first-order valence-electron chi connectivity index (χ1n) is 6.99. The molecule has 3 rings (SSSR count). The van der Waals surface area contributed by atoms with E-state index in [1.54, 1.807) is 0 Å². The fourth-order valence-corrected chi connectivity index (χ4v) is 2.50. The molecule has 0 nitrogen and oxygen atoms in total. The van der Waals surface area contributed by atoms with Crippen LogP contribution in [0.1, 0.15) is 17.5 Å². The summed E-state index contributed by atoms with van der Waals surface area (Å²) < 4.78 is 0. The third-order valence-electron chi connectivity index (χ3n) is 3.61. The second kappa shape index (κ2) is 5.69. The van der Waals surface area contributed by atoms with Gasteiger partial charge < -0.3 is 0 Å². The second-order valence-electron chi connectivity index (χ2n) is 5.09. The van der Waals surface area contributed by atoms with Crippen LogP contribution in [-0.4, -0.2) is 0 Å². The van der Waals surface area contributed by atoms with Crippen LogP contribution in [0.25, 0.3) is 5.57 Å². The zero-order valence-electron chi connectivity index (χ0n) is 11.9. The standard InChI is InChI=1S/C21H16/c1-16-15-20(14-13-18-9-5-3-6-10-18)21(17(16)2)19-11-7-4-8-12-19/h3-12H,1-2,15H2. The Bertz CT molecular complexity index is 778. The van der Waals surface area contributed by atoms with Crippen LogP contribution < -0.4 is 0 Å². The van der Waals surface area contributed by atoms with Crippen LogP contribution in [-0.2, 0) is 0 Å². The molecule has 2 aromatic rings. The number of hydrogen-bond donors (Lipinski definition) is 0. The molecule has 0 atom stereocenters. The zero-order chi connectivity index (χ0) is 14.7. The molecule has 0 N–H and O–H groups in total. The molecule has 0 aromatic heterocycles. The van der Waals surface area contributed by atoms with Gasteiger partial charge in [0.05, 0.1) is 0 Å². The SMILES string of the molecule is C=C1CC(C#Cc2ccccc2)=C(c2ccccc2)C1=C. The van der Waals surface area contributed by atoms with Crippen LogP contribution in [0.3, 0.4) is 0 Å². The molecule has 2 aromatic carbocycles. The molecular weight excluding hydrogens is 252 g/mol. The molecule has 1 aliphatic carbocycles. The largest absolute Gasteiger partial charge is 0.0949 e. The van der Waals surface area contributed by atoms with Crippen molar-refractivity contribution >= 4 is 5.57 Å². The Hall–Kier alpha value is -2.78. The van der Waals surface area contributed by atoms with Gasteiger partial charge >= 0.3 is 0 Å². The van der Waals surface area contributed by atoms with Gasteiger partial charge in [-0.15, -0.1) is 0 Å².